The van der Waals surface area contributed by atoms with Crippen LogP contribution in [0.5, 0.6) is 0 Å². The summed E-state index contributed by atoms with van der Waals surface area (Å²) in [5.74, 6) is -0.364. The van der Waals surface area contributed by atoms with E-state index < -0.39 is 10.0 Å². The first kappa shape index (κ1) is 15.0. The van der Waals surface area contributed by atoms with Crippen molar-refractivity contribution in [1.82, 2.24) is 4.31 Å². The van der Waals surface area contributed by atoms with E-state index in [1.807, 2.05) is 6.07 Å². The summed E-state index contributed by atoms with van der Waals surface area (Å²) in [7, 11) is -2.16. The van der Waals surface area contributed by atoms with Gasteiger partial charge in [0.2, 0.25) is 10.0 Å². The molecule has 0 saturated heterocycles. The number of hydrogen-bond acceptors (Lipinski definition) is 4. The van der Waals surface area contributed by atoms with Crippen molar-refractivity contribution >= 4 is 31.6 Å². The minimum Gasteiger partial charge on any atom is -0.399 e. The highest BCUT2D eigenvalue weighted by Crippen LogP contribution is 2.26. The summed E-state index contributed by atoms with van der Waals surface area (Å²) < 4.78 is 26.1. The summed E-state index contributed by atoms with van der Waals surface area (Å²) in [6.45, 7) is 1.82. The monoisotopic (exact) mass is 331 g/mol. The molecule has 0 aliphatic carbocycles. The summed E-state index contributed by atoms with van der Waals surface area (Å²) in [6, 6.07) is 6.52. The molecule has 0 aromatic heterocycles. The van der Waals surface area contributed by atoms with Gasteiger partial charge in [-0.25, -0.2) is 8.42 Å². The second-order valence-corrected chi connectivity index (χ2v) is 6.87. The van der Waals surface area contributed by atoms with Gasteiger partial charge in [0.15, 0.2) is 0 Å². The molecule has 1 aromatic carbocycles. The third-order valence-corrected chi connectivity index (χ3v) is 5.20. The Kier molecular flexibility index (Phi) is 4.73. The van der Waals surface area contributed by atoms with E-state index in [9.17, 15) is 8.42 Å². The van der Waals surface area contributed by atoms with Crippen LogP contribution < -0.4 is 5.73 Å². The molecule has 18 heavy (non-hydrogen) atoms. The van der Waals surface area contributed by atoms with Crippen LogP contribution in [0.1, 0.15) is 6.92 Å². The highest BCUT2D eigenvalue weighted by atomic mass is 79.9. The van der Waals surface area contributed by atoms with Crippen LogP contribution in [0, 0.1) is 17.2 Å². The number of hydrogen-bond donors (Lipinski definition) is 1. The quantitative estimate of drug-likeness (QED) is 0.852. The maximum atomic E-state index is 12.3. The zero-order chi connectivity index (χ0) is 13.9. The molecule has 7 heteroatoms. The van der Waals surface area contributed by atoms with Crippen molar-refractivity contribution in [2.45, 2.75) is 11.8 Å². The normalized spacial score (nSPS) is 13.3. The second kappa shape index (κ2) is 5.69. The van der Waals surface area contributed by atoms with E-state index in [1.54, 1.807) is 6.92 Å². The number of nitrogen functional groups attached to an aromatic ring is 1. The first-order valence-electron chi connectivity index (χ1n) is 5.20. The molecule has 1 atom stereocenters. The van der Waals surface area contributed by atoms with Gasteiger partial charge < -0.3 is 5.73 Å². The van der Waals surface area contributed by atoms with Crippen LogP contribution in [0.25, 0.3) is 0 Å². The summed E-state index contributed by atoms with van der Waals surface area (Å²) in [4.78, 5) is 0.143. The molecule has 0 fully saturated rings. The molecule has 0 bridgehead atoms. The van der Waals surface area contributed by atoms with Crippen molar-refractivity contribution < 1.29 is 8.42 Å². The zero-order valence-corrected chi connectivity index (χ0v) is 12.5. The van der Waals surface area contributed by atoms with Crippen molar-refractivity contribution in [1.29, 1.82) is 5.26 Å². The first-order valence-corrected chi connectivity index (χ1v) is 7.43. The molecule has 0 aliphatic rings. The zero-order valence-electron chi connectivity index (χ0n) is 10.1. The number of nitriles is 1. The molecule has 0 radical (unpaired) electrons. The van der Waals surface area contributed by atoms with E-state index in [1.165, 1.54) is 25.2 Å². The minimum atomic E-state index is -3.61. The maximum Gasteiger partial charge on any atom is 0.243 e. The number of sulfonamides is 1. The Hall–Kier alpha value is -1.10. The molecule has 0 aliphatic heterocycles. The lowest BCUT2D eigenvalue weighted by Crippen LogP contribution is -2.31. The Morgan fingerprint density at radius 2 is 2.17 bits per heavy atom. The Balaban J connectivity index is 3.10. The predicted octanol–water partition coefficient (Wildman–Crippen LogP) is 1.81. The van der Waals surface area contributed by atoms with Gasteiger partial charge in [-0.3, -0.25) is 0 Å². The number of anilines is 1. The van der Waals surface area contributed by atoms with Crippen LogP contribution >= 0.6 is 15.9 Å². The van der Waals surface area contributed by atoms with Crippen molar-refractivity contribution in [2.75, 3.05) is 19.3 Å². The van der Waals surface area contributed by atoms with Gasteiger partial charge in [0.25, 0.3) is 0 Å². The predicted molar refractivity (Wildman–Crippen MR) is 73.1 cm³/mol. The lowest BCUT2D eigenvalue weighted by molar-refractivity contribution is 0.439. The van der Waals surface area contributed by atoms with Gasteiger partial charge in [-0.1, -0.05) is 0 Å². The van der Waals surface area contributed by atoms with Crippen LogP contribution in [0.4, 0.5) is 5.69 Å². The van der Waals surface area contributed by atoms with Gasteiger partial charge in [0, 0.05) is 23.8 Å². The third kappa shape index (κ3) is 3.22. The molecular formula is C11H14BrN3O2S. The minimum absolute atomic E-state index is 0.143. The topological polar surface area (TPSA) is 87.2 Å². The van der Waals surface area contributed by atoms with Crippen molar-refractivity contribution in [3.63, 3.8) is 0 Å². The fraction of sp³-hybridized carbons (Fsp3) is 0.364. The van der Waals surface area contributed by atoms with Gasteiger partial charge in [0.05, 0.1) is 16.9 Å². The average Bonchev–Trinajstić information content (AvgIpc) is 2.28. The van der Waals surface area contributed by atoms with Gasteiger partial charge >= 0.3 is 0 Å². The first-order chi connectivity index (χ1) is 8.28. The molecule has 5 nitrogen and oxygen atoms in total. The fourth-order valence-corrected chi connectivity index (χ4v) is 3.73. The molecule has 0 heterocycles. The molecule has 1 unspecified atom stereocenters. The largest absolute Gasteiger partial charge is 0.399 e. The van der Waals surface area contributed by atoms with Crippen LogP contribution in [-0.2, 0) is 10.0 Å². The lowest BCUT2D eigenvalue weighted by atomic mass is 10.2. The van der Waals surface area contributed by atoms with E-state index >= 15 is 0 Å². The number of nitrogens with two attached hydrogens (primary N) is 1. The summed E-state index contributed by atoms with van der Waals surface area (Å²) >= 11 is 3.18. The smallest absolute Gasteiger partial charge is 0.243 e. The highest BCUT2D eigenvalue weighted by molar-refractivity contribution is 9.10. The fourth-order valence-electron chi connectivity index (χ4n) is 1.42. The Morgan fingerprint density at radius 3 is 2.67 bits per heavy atom. The maximum absolute atomic E-state index is 12.3. The number of rotatable bonds is 4. The summed E-state index contributed by atoms with van der Waals surface area (Å²) in [5, 5.41) is 8.71. The van der Waals surface area contributed by atoms with E-state index in [0.29, 0.717) is 10.2 Å². The molecular weight excluding hydrogens is 318 g/mol. The van der Waals surface area contributed by atoms with E-state index in [-0.39, 0.29) is 17.4 Å². The van der Waals surface area contributed by atoms with Gasteiger partial charge in [-0.15, -0.1) is 0 Å². The average molecular weight is 332 g/mol. The van der Waals surface area contributed by atoms with Crippen LogP contribution in [0.2, 0.25) is 0 Å². The van der Waals surface area contributed by atoms with Crippen molar-refractivity contribution in [3.8, 4) is 6.07 Å². The highest BCUT2D eigenvalue weighted by Gasteiger charge is 2.24. The van der Waals surface area contributed by atoms with Crippen LogP contribution in [-0.4, -0.2) is 26.3 Å². The number of halogens is 1. The standard InChI is InChI=1S/C11H14BrN3O2S/c1-8(6-13)7-15(2)18(16,17)11-4-3-9(14)5-10(11)12/h3-5,8H,7,14H2,1-2H3. The molecule has 0 amide bonds. The molecule has 0 saturated carbocycles. The van der Waals surface area contributed by atoms with Crippen LogP contribution in [0.15, 0.2) is 27.6 Å². The Bertz CT molecular complexity index is 580. The Labute approximate surface area is 115 Å². The molecule has 2 N–H and O–H groups in total. The number of nitrogens with zero attached hydrogens (tertiary/aromatic N) is 2. The summed E-state index contributed by atoms with van der Waals surface area (Å²) in [6.07, 6.45) is 0. The molecule has 98 valence electrons. The van der Waals surface area contributed by atoms with Crippen molar-refractivity contribution in [2.24, 2.45) is 5.92 Å². The lowest BCUT2D eigenvalue weighted by Gasteiger charge is -2.19. The second-order valence-electron chi connectivity index (χ2n) is 4.01. The summed E-state index contributed by atoms with van der Waals surface area (Å²) in [5.41, 5.74) is 6.05. The molecule has 0 spiro atoms. The van der Waals surface area contributed by atoms with Gasteiger partial charge in [-0.2, -0.15) is 9.57 Å². The number of benzene rings is 1. The van der Waals surface area contributed by atoms with E-state index in [4.69, 9.17) is 11.0 Å². The molecule has 1 rings (SSSR count). The van der Waals surface area contributed by atoms with E-state index in [2.05, 4.69) is 15.9 Å². The Morgan fingerprint density at radius 1 is 1.56 bits per heavy atom. The van der Waals surface area contributed by atoms with E-state index in [0.717, 1.165) is 4.31 Å². The van der Waals surface area contributed by atoms with Gasteiger partial charge in [0.1, 0.15) is 0 Å². The van der Waals surface area contributed by atoms with Crippen LogP contribution in [0.3, 0.4) is 0 Å². The van der Waals surface area contributed by atoms with Gasteiger partial charge in [-0.05, 0) is 41.1 Å². The third-order valence-electron chi connectivity index (χ3n) is 2.40. The SMILES string of the molecule is CC(C#N)CN(C)S(=O)(=O)c1ccc(N)cc1Br. The van der Waals surface area contributed by atoms with Crippen molar-refractivity contribution in [3.05, 3.63) is 22.7 Å². The molecule has 1 aromatic rings.